The van der Waals surface area contributed by atoms with Gasteiger partial charge in [-0.1, -0.05) is 24.3 Å². The highest BCUT2D eigenvalue weighted by Crippen LogP contribution is 2.26. The maximum atomic E-state index is 4.31. The van der Waals surface area contributed by atoms with Gasteiger partial charge in [-0.15, -0.1) is 0 Å². The number of para-hydroxylation sites is 1. The van der Waals surface area contributed by atoms with E-state index in [1.807, 2.05) is 13.1 Å². The van der Waals surface area contributed by atoms with Gasteiger partial charge in [0, 0.05) is 37.2 Å². The first-order valence-electron chi connectivity index (χ1n) is 6.80. The second-order valence-electron chi connectivity index (χ2n) is 5.04. The monoisotopic (exact) mass is 253 g/mol. The molecule has 98 valence electrons. The van der Waals surface area contributed by atoms with E-state index in [4.69, 9.17) is 0 Å². The molecule has 0 atom stereocenters. The molecule has 0 fully saturated rings. The molecule has 0 aliphatic carbocycles. The van der Waals surface area contributed by atoms with Crippen LogP contribution in [0.5, 0.6) is 0 Å². The van der Waals surface area contributed by atoms with Crippen LogP contribution in [0.3, 0.4) is 0 Å². The summed E-state index contributed by atoms with van der Waals surface area (Å²) in [5.74, 6) is 0. The van der Waals surface area contributed by atoms with Gasteiger partial charge in [-0.25, -0.2) is 0 Å². The molecule has 0 spiro atoms. The van der Waals surface area contributed by atoms with Crippen molar-refractivity contribution in [3.05, 3.63) is 58.9 Å². The molecule has 1 aromatic carbocycles. The first-order valence-corrected chi connectivity index (χ1v) is 6.80. The molecule has 0 saturated heterocycles. The number of anilines is 1. The summed E-state index contributed by atoms with van der Waals surface area (Å²) in [6.45, 7) is 4.82. The van der Waals surface area contributed by atoms with Gasteiger partial charge in [0.15, 0.2) is 0 Å². The van der Waals surface area contributed by atoms with Crippen LogP contribution in [-0.4, -0.2) is 11.5 Å². The van der Waals surface area contributed by atoms with Crippen LogP contribution in [0.2, 0.25) is 0 Å². The average Bonchev–Trinajstić information content (AvgIpc) is 2.90. The van der Waals surface area contributed by atoms with E-state index in [0.29, 0.717) is 0 Å². The lowest BCUT2D eigenvalue weighted by Crippen LogP contribution is -2.14. The molecule has 3 rings (SSSR count). The van der Waals surface area contributed by atoms with Gasteiger partial charge in [0.25, 0.3) is 0 Å². The van der Waals surface area contributed by atoms with Crippen LogP contribution < -0.4 is 10.6 Å². The number of hydrogen-bond acceptors (Lipinski definition) is 3. The number of rotatable bonds is 4. The minimum Gasteiger partial charge on any atom is -0.384 e. The van der Waals surface area contributed by atoms with Crippen molar-refractivity contribution in [1.29, 1.82) is 0 Å². The number of nitrogens with zero attached hydrogens (tertiary/aromatic N) is 1. The van der Waals surface area contributed by atoms with Crippen molar-refractivity contribution in [3.63, 3.8) is 0 Å². The zero-order valence-corrected chi connectivity index (χ0v) is 11.2. The largest absolute Gasteiger partial charge is 0.384 e. The normalized spacial score (nSPS) is 13.1. The summed E-state index contributed by atoms with van der Waals surface area (Å²) < 4.78 is 0. The third-order valence-corrected chi connectivity index (χ3v) is 3.55. The fourth-order valence-corrected chi connectivity index (χ4v) is 2.50. The Morgan fingerprint density at radius 3 is 3.00 bits per heavy atom. The van der Waals surface area contributed by atoms with E-state index in [1.54, 1.807) is 0 Å². The van der Waals surface area contributed by atoms with Gasteiger partial charge in [-0.3, -0.25) is 4.98 Å². The maximum Gasteiger partial charge on any atom is 0.0419 e. The van der Waals surface area contributed by atoms with Crippen molar-refractivity contribution in [1.82, 2.24) is 10.3 Å². The zero-order valence-electron chi connectivity index (χ0n) is 11.2. The summed E-state index contributed by atoms with van der Waals surface area (Å²) in [6, 6.07) is 10.7. The Morgan fingerprint density at radius 2 is 2.16 bits per heavy atom. The van der Waals surface area contributed by atoms with Gasteiger partial charge in [-0.2, -0.15) is 0 Å². The van der Waals surface area contributed by atoms with Gasteiger partial charge >= 0.3 is 0 Å². The van der Waals surface area contributed by atoms with Gasteiger partial charge in [0.05, 0.1) is 0 Å². The molecule has 1 aliphatic heterocycles. The lowest BCUT2D eigenvalue weighted by atomic mass is 10.1. The number of pyridine rings is 1. The Labute approximate surface area is 114 Å². The number of aromatic nitrogens is 1. The predicted octanol–water partition coefficient (Wildman–Crippen LogP) is 2.65. The molecule has 2 N–H and O–H groups in total. The SMILES string of the molecule is Cc1ccc(CNCc2cccc3c2NCC3)cn1. The minimum absolute atomic E-state index is 0.858. The van der Waals surface area contributed by atoms with E-state index in [1.165, 1.54) is 22.4 Å². The molecule has 2 heterocycles. The zero-order chi connectivity index (χ0) is 13.1. The molecular formula is C16H19N3. The Hall–Kier alpha value is -1.87. The summed E-state index contributed by atoms with van der Waals surface area (Å²) in [7, 11) is 0. The van der Waals surface area contributed by atoms with Crippen molar-refractivity contribution in [2.24, 2.45) is 0 Å². The second kappa shape index (κ2) is 5.41. The molecule has 2 aromatic rings. The van der Waals surface area contributed by atoms with Crippen LogP contribution >= 0.6 is 0 Å². The molecule has 0 radical (unpaired) electrons. The molecule has 0 saturated carbocycles. The molecule has 3 nitrogen and oxygen atoms in total. The number of benzene rings is 1. The Morgan fingerprint density at radius 1 is 1.21 bits per heavy atom. The van der Waals surface area contributed by atoms with Crippen molar-refractivity contribution in [2.75, 3.05) is 11.9 Å². The molecule has 0 bridgehead atoms. The quantitative estimate of drug-likeness (QED) is 0.879. The Balaban J connectivity index is 1.61. The first kappa shape index (κ1) is 12.2. The van der Waals surface area contributed by atoms with Crippen molar-refractivity contribution in [3.8, 4) is 0 Å². The highest BCUT2D eigenvalue weighted by Gasteiger charge is 2.12. The standard InChI is InChI=1S/C16H19N3/c1-12-5-6-13(10-19-12)9-17-11-15-4-2-3-14-7-8-18-16(14)15/h2-6,10,17-18H,7-9,11H2,1H3. The Kier molecular flexibility index (Phi) is 3.47. The van der Waals surface area contributed by atoms with Gasteiger partial charge in [0.2, 0.25) is 0 Å². The van der Waals surface area contributed by atoms with Crippen LogP contribution in [0.1, 0.15) is 22.4 Å². The number of hydrogen-bond donors (Lipinski definition) is 2. The smallest absolute Gasteiger partial charge is 0.0419 e. The Bertz CT molecular complexity index is 561. The predicted molar refractivity (Wildman–Crippen MR) is 78.2 cm³/mol. The maximum absolute atomic E-state index is 4.31. The van der Waals surface area contributed by atoms with Crippen LogP contribution in [0, 0.1) is 6.92 Å². The molecule has 3 heteroatoms. The topological polar surface area (TPSA) is 37.0 Å². The van der Waals surface area contributed by atoms with E-state index in [9.17, 15) is 0 Å². The van der Waals surface area contributed by atoms with E-state index in [-0.39, 0.29) is 0 Å². The molecule has 0 amide bonds. The van der Waals surface area contributed by atoms with Gasteiger partial charge in [0.1, 0.15) is 0 Å². The van der Waals surface area contributed by atoms with Crippen LogP contribution in [0.25, 0.3) is 0 Å². The first-order chi connectivity index (χ1) is 9.33. The molecular weight excluding hydrogens is 234 g/mol. The van der Waals surface area contributed by atoms with E-state index in [2.05, 4.69) is 45.9 Å². The summed E-state index contributed by atoms with van der Waals surface area (Å²) in [5.41, 5.74) is 6.42. The highest BCUT2D eigenvalue weighted by molar-refractivity contribution is 5.61. The van der Waals surface area contributed by atoms with E-state index >= 15 is 0 Å². The summed E-state index contributed by atoms with van der Waals surface area (Å²) >= 11 is 0. The number of aryl methyl sites for hydroxylation is 1. The lowest BCUT2D eigenvalue weighted by molar-refractivity contribution is 0.692. The fraction of sp³-hybridized carbons (Fsp3) is 0.312. The minimum atomic E-state index is 0.858. The second-order valence-corrected chi connectivity index (χ2v) is 5.04. The highest BCUT2D eigenvalue weighted by atomic mass is 14.9. The summed E-state index contributed by atoms with van der Waals surface area (Å²) in [4.78, 5) is 4.31. The van der Waals surface area contributed by atoms with Crippen molar-refractivity contribution < 1.29 is 0 Å². The van der Waals surface area contributed by atoms with Crippen molar-refractivity contribution >= 4 is 5.69 Å². The van der Waals surface area contributed by atoms with Crippen molar-refractivity contribution in [2.45, 2.75) is 26.4 Å². The van der Waals surface area contributed by atoms with Crippen LogP contribution in [0.15, 0.2) is 36.5 Å². The third kappa shape index (κ3) is 2.76. The summed E-state index contributed by atoms with van der Waals surface area (Å²) in [6.07, 6.45) is 3.08. The van der Waals surface area contributed by atoms with Gasteiger partial charge in [-0.05, 0) is 36.1 Å². The molecule has 1 aliphatic rings. The molecule has 19 heavy (non-hydrogen) atoms. The third-order valence-electron chi connectivity index (χ3n) is 3.55. The van der Waals surface area contributed by atoms with Crippen LogP contribution in [-0.2, 0) is 19.5 Å². The van der Waals surface area contributed by atoms with Crippen LogP contribution in [0.4, 0.5) is 5.69 Å². The van der Waals surface area contributed by atoms with Gasteiger partial charge < -0.3 is 10.6 Å². The fourth-order valence-electron chi connectivity index (χ4n) is 2.50. The van der Waals surface area contributed by atoms with E-state index in [0.717, 1.165) is 31.7 Å². The number of fused-ring (bicyclic) bond motifs is 1. The lowest BCUT2D eigenvalue weighted by Gasteiger charge is -2.10. The molecule has 0 unspecified atom stereocenters. The summed E-state index contributed by atoms with van der Waals surface area (Å²) in [5, 5.41) is 6.96. The van der Waals surface area contributed by atoms with E-state index < -0.39 is 0 Å². The number of nitrogens with one attached hydrogen (secondary N) is 2. The molecule has 1 aromatic heterocycles. The average molecular weight is 253 g/mol.